The fourth-order valence-corrected chi connectivity index (χ4v) is 2.51. The summed E-state index contributed by atoms with van der Waals surface area (Å²) in [6.07, 6.45) is -1.24. The molecule has 0 radical (unpaired) electrons. The lowest BCUT2D eigenvalue weighted by Crippen LogP contribution is -2.14. The van der Waals surface area contributed by atoms with Crippen molar-refractivity contribution >= 4 is 23.4 Å². The normalized spacial score (nSPS) is 11.3. The summed E-state index contributed by atoms with van der Waals surface area (Å²) in [6.45, 7) is 0. The average molecular weight is 380 g/mol. The molecule has 134 valence electrons. The summed E-state index contributed by atoms with van der Waals surface area (Å²) in [5.74, 6) is -0.129. The smallest absolute Gasteiger partial charge is 0.411 e. The van der Waals surface area contributed by atoms with Crippen LogP contribution in [-0.4, -0.2) is 26.8 Å². The zero-order valence-corrected chi connectivity index (χ0v) is 13.8. The highest BCUT2D eigenvalue weighted by molar-refractivity contribution is 7.99. The van der Waals surface area contributed by atoms with Gasteiger partial charge in [0.1, 0.15) is 0 Å². The lowest BCUT2D eigenvalue weighted by atomic mass is 10.2. The van der Waals surface area contributed by atoms with Gasteiger partial charge in [-0.2, -0.15) is 13.2 Å². The first-order valence-electron chi connectivity index (χ1n) is 7.25. The first kappa shape index (κ1) is 17.9. The second-order valence-corrected chi connectivity index (χ2v) is 5.95. The SMILES string of the molecule is O=C(CSc1nnc(-c2ccncc2)o1)Nc1ccc(C(F)(F)F)cc1. The third kappa shape index (κ3) is 4.60. The monoisotopic (exact) mass is 380 g/mol. The van der Waals surface area contributed by atoms with Gasteiger partial charge in [-0.1, -0.05) is 11.8 Å². The molecule has 0 saturated carbocycles. The predicted octanol–water partition coefficient (Wildman–Crippen LogP) is 3.88. The van der Waals surface area contributed by atoms with Crippen LogP contribution in [0.5, 0.6) is 0 Å². The Morgan fingerprint density at radius 2 is 1.77 bits per heavy atom. The van der Waals surface area contributed by atoms with E-state index in [0.717, 1.165) is 23.9 Å². The standard InChI is InChI=1S/C16H11F3N4O2S/c17-16(18,19)11-1-3-12(4-2-11)21-13(24)9-26-15-23-22-14(25-15)10-5-7-20-8-6-10/h1-8H,9H2,(H,21,24). The maximum absolute atomic E-state index is 12.5. The highest BCUT2D eigenvalue weighted by Gasteiger charge is 2.29. The van der Waals surface area contributed by atoms with E-state index in [2.05, 4.69) is 20.5 Å². The van der Waals surface area contributed by atoms with Gasteiger partial charge in [0, 0.05) is 23.6 Å². The van der Waals surface area contributed by atoms with E-state index in [-0.39, 0.29) is 16.7 Å². The van der Waals surface area contributed by atoms with Crippen LogP contribution in [0.25, 0.3) is 11.5 Å². The molecule has 3 rings (SSSR count). The Labute approximate surface area is 149 Å². The number of nitrogens with one attached hydrogen (secondary N) is 1. The molecule has 0 aliphatic rings. The molecule has 3 aromatic rings. The van der Waals surface area contributed by atoms with Crippen molar-refractivity contribution in [1.82, 2.24) is 15.2 Å². The fourth-order valence-electron chi connectivity index (χ4n) is 1.95. The van der Waals surface area contributed by atoms with Gasteiger partial charge in [0.15, 0.2) is 0 Å². The number of hydrogen-bond donors (Lipinski definition) is 1. The summed E-state index contributed by atoms with van der Waals surface area (Å²) in [7, 11) is 0. The summed E-state index contributed by atoms with van der Waals surface area (Å²) >= 11 is 1.02. The van der Waals surface area contributed by atoms with Gasteiger partial charge in [0.25, 0.3) is 5.22 Å². The van der Waals surface area contributed by atoms with E-state index in [1.165, 1.54) is 12.1 Å². The molecule has 0 saturated heterocycles. The molecule has 0 aliphatic carbocycles. The Bertz CT molecular complexity index is 883. The van der Waals surface area contributed by atoms with Crippen LogP contribution in [-0.2, 0) is 11.0 Å². The van der Waals surface area contributed by atoms with Crippen LogP contribution in [0.1, 0.15) is 5.56 Å². The lowest BCUT2D eigenvalue weighted by molar-refractivity contribution is -0.137. The van der Waals surface area contributed by atoms with E-state index >= 15 is 0 Å². The molecule has 1 N–H and O–H groups in total. The Balaban J connectivity index is 1.54. The second kappa shape index (κ2) is 7.56. The minimum absolute atomic E-state index is 0.0288. The number of aromatic nitrogens is 3. The molecule has 26 heavy (non-hydrogen) atoms. The van der Waals surface area contributed by atoms with Crippen LogP contribution in [0, 0.1) is 0 Å². The molecule has 0 fully saturated rings. The molecule has 0 spiro atoms. The van der Waals surface area contributed by atoms with Crippen molar-refractivity contribution < 1.29 is 22.4 Å². The van der Waals surface area contributed by atoms with Crippen molar-refractivity contribution in [1.29, 1.82) is 0 Å². The predicted molar refractivity (Wildman–Crippen MR) is 88.3 cm³/mol. The first-order chi connectivity index (χ1) is 12.4. The van der Waals surface area contributed by atoms with E-state index < -0.39 is 17.6 Å². The number of benzene rings is 1. The number of pyridine rings is 1. The number of carbonyl (C=O) groups is 1. The number of amides is 1. The van der Waals surface area contributed by atoms with Crippen LogP contribution < -0.4 is 5.32 Å². The number of rotatable bonds is 5. The van der Waals surface area contributed by atoms with Crippen LogP contribution in [0.15, 0.2) is 58.4 Å². The number of halogens is 3. The Morgan fingerprint density at radius 3 is 2.42 bits per heavy atom. The van der Waals surface area contributed by atoms with Gasteiger partial charge in [0.05, 0.1) is 11.3 Å². The molecular weight excluding hydrogens is 369 g/mol. The van der Waals surface area contributed by atoms with Crippen LogP contribution in [0.4, 0.5) is 18.9 Å². The molecule has 1 amide bonds. The van der Waals surface area contributed by atoms with Gasteiger partial charge in [-0.25, -0.2) is 0 Å². The van der Waals surface area contributed by atoms with E-state index in [0.29, 0.717) is 11.5 Å². The maximum atomic E-state index is 12.5. The largest absolute Gasteiger partial charge is 0.416 e. The number of alkyl halides is 3. The number of nitrogens with zero attached hydrogens (tertiary/aromatic N) is 3. The Kier molecular flexibility index (Phi) is 5.21. The molecule has 0 aliphatic heterocycles. The van der Waals surface area contributed by atoms with Crippen LogP contribution in [0.2, 0.25) is 0 Å². The zero-order chi connectivity index (χ0) is 18.6. The number of thioether (sulfide) groups is 1. The zero-order valence-electron chi connectivity index (χ0n) is 13.0. The third-order valence-corrected chi connectivity index (χ3v) is 3.97. The summed E-state index contributed by atoms with van der Waals surface area (Å²) < 4.78 is 42.9. The third-order valence-electron chi connectivity index (χ3n) is 3.16. The quantitative estimate of drug-likeness (QED) is 0.677. The minimum atomic E-state index is -4.41. The molecular formula is C16H11F3N4O2S. The molecule has 6 nitrogen and oxygen atoms in total. The number of hydrogen-bond acceptors (Lipinski definition) is 6. The van der Waals surface area contributed by atoms with E-state index in [9.17, 15) is 18.0 Å². The van der Waals surface area contributed by atoms with Crippen molar-refractivity contribution in [2.75, 3.05) is 11.1 Å². The first-order valence-corrected chi connectivity index (χ1v) is 8.24. The maximum Gasteiger partial charge on any atom is 0.416 e. The summed E-state index contributed by atoms with van der Waals surface area (Å²) in [6, 6.07) is 7.61. The lowest BCUT2D eigenvalue weighted by Gasteiger charge is -2.08. The molecule has 10 heteroatoms. The Hall–Kier alpha value is -2.88. The number of anilines is 1. The molecule has 1 aromatic carbocycles. The van der Waals surface area contributed by atoms with E-state index in [1.54, 1.807) is 24.5 Å². The van der Waals surface area contributed by atoms with Crippen molar-refractivity contribution in [2.45, 2.75) is 11.4 Å². The van der Waals surface area contributed by atoms with Crippen LogP contribution >= 0.6 is 11.8 Å². The van der Waals surface area contributed by atoms with Gasteiger partial charge in [-0.05, 0) is 36.4 Å². The second-order valence-electron chi connectivity index (χ2n) is 5.02. The highest BCUT2D eigenvalue weighted by atomic mass is 32.2. The summed E-state index contributed by atoms with van der Waals surface area (Å²) in [5, 5.41) is 10.4. The van der Waals surface area contributed by atoms with Gasteiger partial charge in [-0.3, -0.25) is 9.78 Å². The van der Waals surface area contributed by atoms with Crippen molar-refractivity contribution in [2.24, 2.45) is 0 Å². The fraction of sp³-hybridized carbons (Fsp3) is 0.125. The molecule has 2 aromatic heterocycles. The molecule has 0 atom stereocenters. The van der Waals surface area contributed by atoms with Crippen LogP contribution in [0.3, 0.4) is 0 Å². The van der Waals surface area contributed by atoms with Crippen molar-refractivity contribution in [3.63, 3.8) is 0 Å². The molecule has 0 unspecified atom stereocenters. The Morgan fingerprint density at radius 1 is 1.08 bits per heavy atom. The molecule has 2 heterocycles. The topological polar surface area (TPSA) is 80.9 Å². The minimum Gasteiger partial charge on any atom is -0.411 e. The van der Waals surface area contributed by atoms with Gasteiger partial charge in [0.2, 0.25) is 11.8 Å². The van der Waals surface area contributed by atoms with Gasteiger partial charge in [-0.15, -0.1) is 10.2 Å². The molecule has 0 bridgehead atoms. The van der Waals surface area contributed by atoms with E-state index in [1.807, 2.05) is 0 Å². The van der Waals surface area contributed by atoms with E-state index in [4.69, 9.17) is 4.42 Å². The highest BCUT2D eigenvalue weighted by Crippen LogP contribution is 2.30. The van der Waals surface area contributed by atoms with Gasteiger partial charge >= 0.3 is 6.18 Å². The van der Waals surface area contributed by atoms with Crippen molar-refractivity contribution in [3.05, 3.63) is 54.4 Å². The number of carbonyl (C=O) groups excluding carboxylic acids is 1. The van der Waals surface area contributed by atoms with Gasteiger partial charge < -0.3 is 9.73 Å². The average Bonchev–Trinajstić information content (AvgIpc) is 3.09. The summed E-state index contributed by atoms with van der Waals surface area (Å²) in [4.78, 5) is 15.8. The van der Waals surface area contributed by atoms with Crippen molar-refractivity contribution in [3.8, 4) is 11.5 Å². The summed E-state index contributed by atoms with van der Waals surface area (Å²) in [5.41, 5.74) is 0.194.